The van der Waals surface area contributed by atoms with Crippen molar-refractivity contribution in [2.45, 2.75) is 0 Å². The molecule has 0 amide bonds. The predicted molar refractivity (Wildman–Crippen MR) is 83.8 cm³/mol. The average molecular weight is 298 g/mol. The summed E-state index contributed by atoms with van der Waals surface area (Å²) in [5.74, 6) is -1.13. The van der Waals surface area contributed by atoms with Crippen LogP contribution in [0.2, 0.25) is 0 Å². The van der Waals surface area contributed by atoms with E-state index in [4.69, 9.17) is 5.11 Å². The van der Waals surface area contributed by atoms with Gasteiger partial charge in [-0.3, -0.25) is 0 Å². The van der Waals surface area contributed by atoms with Crippen LogP contribution in [0, 0.1) is 4.91 Å². The fraction of sp³-hybridized carbons (Fsp3) is 0.133. The van der Waals surface area contributed by atoms with Crippen LogP contribution in [0.15, 0.2) is 57.9 Å². The first kappa shape index (κ1) is 15.3. The number of azo groups is 1. The molecule has 7 nitrogen and oxygen atoms in total. The number of carboxylic acid groups (broad SMARTS) is 1. The molecule has 0 aromatic heterocycles. The third kappa shape index (κ3) is 3.51. The monoisotopic (exact) mass is 298 g/mol. The van der Waals surface area contributed by atoms with Crippen molar-refractivity contribution in [2.24, 2.45) is 15.4 Å². The zero-order valence-corrected chi connectivity index (χ0v) is 12.1. The fourth-order valence-corrected chi connectivity index (χ4v) is 1.74. The molecule has 2 rings (SSSR count). The standard InChI is InChI=1S/C15H14N4O3/c1-19(2)12-6-4-11(5-7-12)16-17-13-8-3-10(15(20)21)9-14(13)18-22/h3-9H,1-2H3,(H,20,21). The van der Waals surface area contributed by atoms with Gasteiger partial charge < -0.3 is 10.0 Å². The number of benzene rings is 2. The largest absolute Gasteiger partial charge is 0.478 e. The number of carbonyl (C=O) groups is 1. The highest BCUT2D eigenvalue weighted by molar-refractivity contribution is 5.89. The normalized spacial score (nSPS) is 10.6. The summed E-state index contributed by atoms with van der Waals surface area (Å²) in [6.07, 6.45) is 0. The van der Waals surface area contributed by atoms with E-state index in [0.29, 0.717) is 5.69 Å². The minimum atomic E-state index is -1.13. The van der Waals surface area contributed by atoms with Gasteiger partial charge in [-0.2, -0.15) is 5.11 Å². The van der Waals surface area contributed by atoms with Crippen molar-refractivity contribution in [3.63, 3.8) is 0 Å². The van der Waals surface area contributed by atoms with Gasteiger partial charge in [0.1, 0.15) is 11.4 Å². The first-order valence-electron chi connectivity index (χ1n) is 6.41. The molecule has 22 heavy (non-hydrogen) atoms. The predicted octanol–water partition coefficient (Wildman–Crippen LogP) is 4.26. The third-order valence-corrected chi connectivity index (χ3v) is 2.96. The van der Waals surface area contributed by atoms with E-state index in [-0.39, 0.29) is 16.9 Å². The van der Waals surface area contributed by atoms with Crippen LogP contribution in [0.4, 0.5) is 22.7 Å². The van der Waals surface area contributed by atoms with Gasteiger partial charge in [0.15, 0.2) is 0 Å². The summed E-state index contributed by atoms with van der Waals surface area (Å²) in [5.41, 5.74) is 1.78. The van der Waals surface area contributed by atoms with Crippen LogP contribution in [0.5, 0.6) is 0 Å². The minimum absolute atomic E-state index is 0.0242. The molecule has 0 spiro atoms. The summed E-state index contributed by atoms with van der Waals surface area (Å²) >= 11 is 0. The van der Waals surface area contributed by atoms with E-state index in [1.807, 2.05) is 31.1 Å². The molecule has 0 saturated heterocycles. The number of rotatable bonds is 5. The minimum Gasteiger partial charge on any atom is -0.478 e. The van der Waals surface area contributed by atoms with E-state index in [1.165, 1.54) is 18.2 Å². The summed E-state index contributed by atoms with van der Waals surface area (Å²) < 4.78 is 0. The van der Waals surface area contributed by atoms with Gasteiger partial charge in [0, 0.05) is 19.8 Å². The molecular weight excluding hydrogens is 284 g/mol. The number of carboxylic acids is 1. The van der Waals surface area contributed by atoms with Gasteiger partial charge in [0.25, 0.3) is 0 Å². The van der Waals surface area contributed by atoms with Crippen molar-refractivity contribution in [1.29, 1.82) is 0 Å². The van der Waals surface area contributed by atoms with E-state index in [9.17, 15) is 9.70 Å². The summed E-state index contributed by atoms with van der Waals surface area (Å²) in [4.78, 5) is 23.6. The molecular formula is C15H14N4O3. The number of aromatic carboxylic acids is 1. The quantitative estimate of drug-likeness (QED) is 0.658. The van der Waals surface area contributed by atoms with Gasteiger partial charge in [-0.15, -0.1) is 10.0 Å². The topological polar surface area (TPSA) is 94.7 Å². The summed E-state index contributed by atoms with van der Waals surface area (Å²) in [7, 11) is 3.87. The van der Waals surface area contributed by atoms with Crippen LogP contribution in [0.25, 0.3) is 0 Å². The number of hydrogen-bond donors (Lipinski definition) is 1. The Morgan fingerprint density at radius 2 is 1.68 bits per heavy atom. The molecule has 0 heterocycles. The maximum absolute atomic E-state index is 10.8. The Morgan fingerprint density at radius 3 is 2.23 bits per heavy atom. The summed E-state index contributed by atoms with van der Waals surface area (Å²) in [5, 5.41) is 19.6. The van der Waals surface area contributed by atoms with Crippen LogP contribution in [0.1, 0.15) is 10.4 Å². The van der Waals surface area contributed by atoms with E-state index in [2.05, 4.69) is 15.4 Å². The molecule has 0 bridgehead atoms. The molecule has 0 aliphatic rings. The number of nitrogens with zero attached hydrogens (tertiary/aromatic N) is 4. The van der Waals surface area contributed by atoms with E-state index in [0.717, 1.165) is 5.69 Å². The first-order chi connectivity index (χ1) is 10.5. The van der Waals surface area contributed by atoms with Gasteiger partial charge in [0.2, 0.25) is 0 Å². The Morgan fingerprint density at radius 1 is 1.00 bits per heavy atom. The maximum Gasteiger partial charge on any atom is 0.335 e. The van der Waals surface area contributed by atoms with Crippen molar-refractivity contribution in [2.75, 3.05) is 19.0 Å². The molecule has 0 atom stereocenters. The van der Waals surface area contributed by atoms with E-state index < -0.39 is 5.97 Å². The number of hydrogen-bond acceptors (Lipinski definition) is 6. The van der Waals surface area contributed by atoms with Crippen LogP contribution >= 0.6 is 0 Å². The Balaban J connectivity index is 2.25. The van der Waals surface area contributed by atoms with E-state index in [1.54, 1.807) is 12.1 Å². The van der Waals surface area contributed by atoms with Crippen LogP contribution in [-0.4, -0.2) is 25.2 Å². The molecule has 1 N–H and O–H groups in total. The summed E-state index contributed by atoms with van der Waals surface area (Å²) in [6, 6.07) is 11.3. The second-order valence-electron chi connectivity index (χ2n) is 4.71. The van der Waals surface area contributed by atoms with Gasteiger partial charge in [0.05, 0.1) is 11.3 Å². The van der Waals surface area contributed by atoms with Crippen molar-refractivity contribution >= 4 is 28.7 Å². The van der Waals surface area contributed by atoms with Crippen molar-refractivity contribution in [3.05, 3.63) is 52.9 Å². The smallest absolute Gasteiger partial charge is 0.335 e. The average Bonchev–Trinajstić information content (AvgIpc) is 2.52. The van der Waals surface area contributed by atoms with Gasteiger partial charge >= 0.3 is 5.97 Å². The van der Waals surface area contributed by atoms with E-state index >= 15 is 0 Å². The first-order valence-corrected chi connectivity index (χ1v) is 6.41. The van der Waals surface area contributed by atoms with Crippen molar-refractivity contribution < 1.29 is 9.90 Å². The van der Waals surface area contributed by atoms with Gasteiger partial charge in [-0.1, -0.05) is 0 Å². The van der Waals surface area contributed by atoms with Crippen molar-refractivity contribution in [3.8, 4) is 0 Å². The molecule has 0 unspecified atom stereocenters. The molecule has 0 aliphatic heterocycles. The highest BCUT2D eigenvalue weighted by Crippen LogP contribution is 2.30. The second kappa shape index (κ2) is 6.57. The van der Waals surface area contributed by atoms with Crippen molar-refractivity contribution in [1.82, 2.24) is 0 Å². The number of nitroso groups, excluding NO2 is 1. The molecule has 2 aromatic carbocycles. The van der Waals surface area contributed by atoms with Crippen LogP contribution in [0.3, 0.4) is 0 Å². The SMILES string of the molecule is CN(C)c1ccc(N=Nc2ccc(C(=O)O)cc2N=O)cc1. The molecule has 0 radical (unpaired) electrons. The highest BCUT2D eigenvalue weighted by atomic mass is 16.4. The Hall–Kier alpha value is -3.09. The van der Waals surface area contributed by atoms with Crippen LogP contribution in [-0.2, 0) is 0 Å². The molecule has 2 aromatic rings. The fourth-order valence-electron chi connectivity index (χ4n) is 1.74. The molecule has 0 fully saturated rings. The molecule has 0 saturated carbocycles. The summed E-state index contributed by atoms with van der Waals surface area (Å²) in [6.45, 7) is 0. The highest BCUT2D eigenvalue weighted by Gasteiger charge is 2.08. The van der Waals surface area contributed by atoms with Gasteiger partial charge in [-0.25, -0.2) is 4.79 Å². The molecule has 0 aliphatic carbocycles. The van der Waals surface area contributed by atoms with Gasteiger partial charge in [-0.05, 0) is 47.6 Å². The van der Waals surface area contributed by atoms with Crippen LogP contribution < -0.4 is 4.90 Å². The lowest BCUT2D eigenvalue weighted by Gasteiger charge is -2.11. The lowest BCUT2D eigenvalue weighted by molar-refractivity contribution is 0.0697. The molecule has 112 valence electrons. The molecule has 7 heteroatoms. The lowest BCUT2D eigenvalue weighted by Crippen LogP contribution is -2.07. The number of anilines is 1. The zero-order chi connectivity index (χ0) is 16.1. The zero-order valence-electron chi connectivity index (χ0n) is 12.1. The lowest BCUT2D eigenvalue weighted by atomic mass is 10.2. The maximum atomic E-state index is 10.8. The second-order valence-corrected chi connectivity index (χ2v) is 4.71. The third-order valence-electron chi connectivity index (χ3n) is 2.96. The Labute approximate surface area is 126 Å². The Bertz CT molecular complexity index is 724. The Kier molecular flexibility index (Phi) is 4.57.